The van der Waals surface area contributed by atoms with E-state index in [1.54, 1.807) is 0 Å². The normalized spacial score (nSPS) is 11.8. The average Bonchev–Trinajstić information content (AvgIpc) is 2.48. The van der Waals surface area contributed by atoms with E-state index in [1.165, 1.54) is 42.2 Å². The zero-order chi connectivity index (χ0) is 13.2. The van der Waals surface area contributed by atoms with Crippen molar-refractivity contribution in [2.24, 2.45) is 0 Å². The molecule has 0 nitrogen and oxygen atoms in total. The molecule has 0 amide bonds. The first-order chi connectivity index (χ1) is 9.45. The maximum atomic E-state index is 2.24. The molecule has 2 heteroatoms. The molecule has 0 heterocycles. The molecule has 0 N–H and O–H groups in total. The van der Waals surface area contributed by atoms with Gasteiger partial charge in [-0.25, -0.2) is 0 Å². The van der Waals surface area contributed by atoms with E-state index >= 15 is 0 Å². The minimum absolute atomic E-state index is 1.09. The Balaban J connectivity index is 1.49. The van der Waals surface area contributed by atoms with Gasteiger partial charge in [-0.1, -0.05) is 60.7 Å². The highest BCUT2D eigenvalue weighted by molar-refractivity contribution is 7.38. The number of hydrogen-bond donors (Lipinski definition) is 0. The van der Waals surface area contributed by atoms with Crippen molar-refractivity contribution in [2.75, 3.05) is 12.3 Å². The third-order valence-electron chi connectivity index (χ3n) is 3.05. The van der Waals surface area contributed by atoms with Crippen molar-refractivity contribution >= 4 is 17.2 Å². The molecule has 0 saturated heterocycles. The first-order valence-electron chi connectivity index (χ1n) is 6.94. The molecule has 0 aliphatic rings. The minimum atomic E-state index is 1.09. The summed E-state index contributed by atoms with van der Waals surface area (Å²) in [7, 11) is 2.18. The van der Waals surface area contributed by atoms with Crippen molar-refractivity contribution < 1.29 is 0 Å². The van der Waals surface area contributed by atoms with Gasteiger partial charge in [0.1, 0.15) is 0 Å². The van der Waals surface area contributed by atoms with E-state index in [-0.39, 0.29) is 0 Å². The molecule has 0 spiro atoms. The van der Waals surface area contributed by atoms with Gasteiger partial charge in [0, 0.05) is 0 Å². The molecule has 0 fully saturated rings. The Morgan fingerprint density at radius 1 is 0.579 bits per heavy atom. The van der Waals surface area contributed by atoms with Crippen LogP contribution in [-0.4, -0.2) is 12.3 Å². The van der Waals surface area contributed by atoms with Crippen LogP contribution in [0.2, 0.25) is 0 Å². The molecular formula is C17H22P2. The van der Waals surface area contributed by atoms with Crippen LogP contribution in [0, 0.1) is 0 Å². The van der Waals surface area contributed by atoms with Crippen LogP contribution in [0.15, 0.2) is 60.7 Å². The Kier molecular flexibility index (Phi) is 7.15. The largest absolute Gasteiger partial charge is 0.118 e. The highest BCUT2D eigenvalue weighted by atomic mass is 31.1. The van der Waals surface area contributed by atoms with Crippen LogP contribution in [0.4, 0.5) is 0 Å². The van der Waals surface area contributed by atoms with Gasteiger partial charge in [-0.05, 0) is 42.2 Å². The lowest BCUT2D eigenvalue weighted by atomic mass is 10.2. The van der Waals surface area contributed by atoms with E-state index in [9.17, 15) is 0 Å². The lowest BCUT2D eigenvalue weighted by molar-refractivity contribution is 1.10. The van der Waals surface area contributed by atoms with Crippen molar-refractivity contribution in [2.45, 2.75) is 18.7 Å². The van der Waals surface area contributed by atoms with Crippen LogP contribution in [0.25, 0.3) is 0 Å². The quantitative estimate of drug-likeness (QED) is 0.466. The summed E-state index contributed by atoms with van der Waals surface area (Å²) in [6.45, 7) is 0. The van der Waals surface area contributed by atoms with E-state index in [1.807, 2.05) is 0 Å². The summed E-state index contributed by atoms with van der Waals surface area (Å²) < 4.78 is 0. The van der Waals surface area contributed by atoms with Gasteiger partial charge in [0.05, 0.1) is 0 Å². The van der Waals surface area contributed by atoms with Crippen molar-refractivity contribution in [3.8, 4) is 0 Å². The van der Waals surface area contributed by atoms with Gasteiger partial charge in [-0.3, -0.25) is 0 Å². The SMILES string of the molecule is c1ccc(CPCCCPCc2ccccc2)cc1. The molecule has 2 unspecified atom stereocenters. The van der Waals surface area contributed by atoms with Gasteiger partial charge >= 0.3 is 0 Å². The monoisotopic (exact) mass is 288 g/mol. The highest BCUT2D eigenvalue weighted by Gasteiger charge is 1.94. The Bertz CT molecular complexity index is 396. The van der Waals surface area contributed by atoms with E-state index in [2.05, 4.69) is 60.7 Å². The summed E-state index contributed by atoms with van der Waals surface area (Å²) >= 11 is 0. The third kappa shape index (κ3) is 6.33. The minimum Gasteiger partial charge on any atom is -0.118 e. The summed E-state index contributed by atoms with van der Waals surface area (Å²) in [4.78, 5) is 0. The molecule has 0 bridgehead atoms. The zero-order valence-corrected chi connectivity index (χ0v) is 13.3. The summed E-state index contributed by atoms with van der Waals surface area (Å²) in [6.07, 6.45) is 6.73. The van der Waals surface area contributed by atoms with Gasteiger partial charge in [0.2, 0.25) is 0 Å². The van der Waals surface area contributed by atoms with E-state index in [0.29, 0.717) is 0 Å². The van der Waals surface area contributed by atoms with Crippen molar-refractivity contribution in [1.82, 2.24) is 0 Å². The molecule has 2 aromatic carbocycles. The molecule has 0 saturated carbocycles. The van der Waals surface area contributed by atoms with E-state index in [0.717, 1.165) is 17.2 Å². The predicted octanol–water partition coefficient (Wildman–Crippen LogP) is 5.13. The molecular weight excluding hydrogens is 266 g/mol. The van der Waals surface area contributed by atoms with E-state index in [4.69, 9.17) is 0 Å². The van der Waals surface area contributed by atoms with Crippen LogP contribution in [-0.2, 0) is 12.3 Å². The fourth-order valence-electron chi connectivity index (χ4n) is 2.00. The Morgan fingerprint density at radius 2 is 1.00 bits per heavy atom. The molecule has 0 aliphatic heterocycles. The number of benzene rings is 2. The first-order valence-corrected chi connectivity index (χ1v) is 9.77. The second-order valence-electron chi connectivity index (χ2n) is 4.68. The molecule has 2 atom stereocenters. The van der Waals surface area contributed by atoms with Gasteiger partial charge < -0.3 is 0 Å². The summed E-state index contributed by atoms with van der Waals surface area (Å²) in [5.41, 5.74) is 2.99. The molecule has 19 heavy (non-hydrogen) atoms. The maximum Gasteiger partial charge on any atom is -0.0101 e. The fourth-order valence-corrected chi connectivity index (χ4v) is 4.60. The van der Waals surface area contributed by atoms with Gasteiger partial charge in [0.25, 0.3) is 0 Å². The predicted molar refractivity (Wildman–Crippen MR) is 91.3 cm³/mol. The summed E-state index contributed by atoms with van der Waals surface area (Å²) in [6, 6.07) is 21.7. The second kappa shape index (κ2) is 9.24. The van der Waals surface area contributed by atoms with Crippen molar-refractivity contribution in [3.63, 3.8) is 0 Å². The molecule has 100 valence electrons. The van der Waals surface area contributed by atoms with Crippen LogP contribution in [0.1, 0.15) is 17.5 Å². The van der Waals surface area contributed by atoms with Gasteiger partial charge in [-0.2, -0.15) is 0 Å². The van der Waals surface area contributed by atoms with Crippen LogP contribution in [0.3, 0.4) is 0 Å². The smallest absolute Gasteiger partial charge is 0.0101 e. The lowest BCUT2D eigenvalue weighted by Gasteiger charge is -2.03. The second-order valence-corrected chi connectivity index (χ2v) is 7.39. The standard InChI is InChI=1S/C17H22P2/c1-3-8-16(9-4-1)14-18-12-7-13-19-15-17-10-5-2-6-11-17/h1-6,8-11,18-19H,7,12-15H2. The van der Waals surface area contributed by atoms with Crippen molar-refractivity contribution in [1.29, 1.82) is 0 Å². The maximum absolute atomic E-state index is 2.24. The third-order valence-corrected chi connectivity index (χ3v) is 5.78. The Labute approximate surface area is 120 Å². The lowest BCUT2D eigenvalue weighted by Crippen LogP contribution is -1.84. The summed E-state index contributed by atoms with van der Waals surface area (Å²) in [5, 5.41) is 0. The van der Waals surface area contributed by atoms with E-state index < -0.39 is 0 Å². The molecule has 0 radical (unpaired) electrons. The zero-order valence-electron chi connectivity index (χ0n) is 11.3. The Morgan fingerprint density at radius 3 is 1.42 bits per heavy atom. The van der Waals surface area contributed by atoms with Crippen molar-refractivity contribution in [3.05, 3.63) is 71.8 Å². The molecule has 2 rings (SSSR count). The van der Waals surface area contributed by atoms with Crippen LogP contribution >= 0.6 is 17.2 Å². The number of hydrogen-bond acceptors (Lipinski definition) is 0. The van der Waals surface area contributed by atoms with Crippen LogP contribution < -0.4 is 0 Å². The van der Waals surface area contributed by atoms with Gasteiger partial charge in [-0.15, -0.1) is 17.2 Å². The molecule has 2 aromatic rings. The molecule has 0 aromatic heterocycles. The Hall–Kier alpha value is -0.700. The molecule has 0 aliphatic carbocycles. The average molecular weight is 288 g/mol. The highest BCUT2D eigenvalue weighted by Crippen LogP contribution is 2.23. The topological polar surface area (TPSA) is 0 Å². The summed E-state index contributed by atoms with van der Waals surface area (Å²) in [5.74, 6) is 0. The van der Waals surface area contributed by atoms with Gasteiger partial charge in [0.15, 0.2) is 0 Å². The first kappa shape index (κ1) is 14.7. The van der Waals surface area contributed by atoms with Crippen LogP contribution in [0.5, 0.6) is 0 Å². The number of rotatable bonds is 8. The fraction of sp³-hybridized carbons (Fsp3) is 0.294.